The maximum Gasteiger partial charge on any atom is 0.325 e. The fraction of sp³-hybridized carbons (Fsp3) is 0.889. The van der Waals surface area contributed by atoms with Gasteiger partial charge in [0.25, 0.3) is 0 Å². The Kier molecular flexibility index (Phi) is 2.71. The molecule has 0 bridgehead atoms. The standard InChI is InChI=1S/C9H16N2O3/c1-13-8(12)7-4-14-6-9(11-7)2-3-10-5-9/h7,10-11H,2-6H2,1H3. The van der Waals surface area contributed by atoms with Crippen LogP contribution in [-0.4, -0.2) is 51.0 Å². The second kappa shape index (κ2) is 3.84. The molecule has 0 aliphatic carbocycles. The highest BCUT2D eigenvalue weighted by Crippen LogP contribution is 2.19. The van der Waals surface area contributed by atoms with Gasteiger partial charge in [-0.3, -0.25) is 10.1 Å². The molecular weight excluding hydrogens is 184 g/mol. The third kappa shape index (κ3) is 1.75. The molecule has 2 unspecified atom stereocenters. The summed E-state index contributed by atoms with van der Waals surface area (Å²) in [5.41, 5.74) is -0.0584. The van der Waals surface area contributed by atoms with E-state index in [9.17, 15) is 4.79 Å². The lowest BCUT2D eigenvalue weighted by molar-refractivity contribution is -0.148. The lowest BCUT2D eigenvalue weighted by atomic mass is 9.97. The van der Waals surface area contributed by atoms with Crippen LogP contribution in [0.3, 0.4) is 0 Å². The largest absolute Gasteiger partial charge is 0.468 e. The Balaban J connectivity index is 1.99. The third-order valence-corrected chi connectivity index (χ3v) is 2.87. The Morgan fingerprint density at radius 2 is 2.50 bits per heavy atom. The Morgan fingerprint density at radius 3 is 3.14 bits per heavy atom. The predicted octanol–water partition coefficient (Wildman–Crippen LogP) is -1.12. The van der Waals surface area contributed by atoms with E-state index >= 15 is 0 Å². The van der Waals surface area contributed by atoms with Crippen LogP contribution in [0.1, 0.15) is 6.42 Å². The van der Waals surface area contributed by atoms with Crippen molar-refractivity contribution in [2.45, 2.75) is 18.0 Å². The topological polar surface area (TPSA) is 59.6 Å². The second-order valence-corrected chi connectivity index (χ2v) is 3.94. The average molecular weight is 200 g/mol. The summed E-state index contributed by atoms with van der Waals surface area (Å²) < 4.78 is 10.1. The SMILES string of the molecule is COC(=O)C1COCC2(CCNC2)N1. The van der Waals surface area contributed by atoms with Crippen LogP contribution in [0.25, 0.3) is 0 Å². The van der Waals surface area contributed by atoms with Crippen LogP contribution in [0.4, 0.5) is 0 Å². The van der Waals surface area contributed by atoms with Gasteiger partial charge in [0, 0.05) is 6.54 Å². The lowest BCUT2D eigenvalue weighted by Gasteiger charge is -2.37. The van der Waals surface area contributed by atoms with Crippen molar-refractivity contribution in [2.24, 2.45) is 0 Å². The van der Waals surface area contributed by atoms with Gasteiger partial charge < -0.3 is 14.8 Å². The molecule has 1 spiro atoms. The zero-order valence-corrected chi connectivity index (χ0v) is 8.34. The van der Waals surface area contributed by atoms with Crippen molar-refractivity contribution in [3.05, 3.63) is 0 Å². The monoisotopic (exact) mass is 200 g/mol. The number of methoxy groups -OCH3 is 1. The molecule has 0 radical (unpaired) electrons. The van der Waals surface area contributed by atoms with E-state index in [1.165, 1.54) is 7.11 Å². The van der Waals surface area contributed by atoms with Gasteiger partial charge in [0.15, 0.2) is 0 Å². The molecular formula is C9H16N2O3. The first-order valence-corrected chi connectivity index (χ1v) is 4.90. The number of carbonyl (C=O) groups is 1. The van der Waals surface area contributed by atoms with Crippen LogP contribution < -0.4 is 10.6 Å². The minimum atomic E-state index is -0.311. The highest BCUT2D eigenvalue weighted by molar-refractivity contribution is 5.76. The van der Waals surface area contributed by atoms with Gasteiger partial charge in [0.1, 0.15) is 6.04 Å². The summed E-state index contributed by atoms with van der Waals surface area (Å²) in [6.07, 6.45) is 1.00. The van der Waals surface area contributed by atoms with E-state index < -0.39 is 0 Å². The van der Waals surface area contributed by atoms with E-state index in [1.807, 2.05) is 0 Å². The molecule has 2 atom stereocenters. The molecule has 2 saturated heterocycles. The molecule has 2 aliphatic heterocycles. The molecule has 5 nitrogen and oxygen atoms in total. The Hall–Kier alpha value is -0.650. The number of ether oxygens (including phenoxy) is 2. The van der Waals surface area contributed by atoms with Crippen molar-refractivity contribution < 1.29 is 14.3 Å². The minimum absolute atomic E-state index is 0.0584. The summed E-state index contributed by atoms with van der Waals surface area (Å²) in [5, 5.41) is 6.58. The summed E-state index contributed by atoms with van der Waals surface area (Å²) in [7, 11) is 1.40. The van der Waals surface area contributed by atoms with Crippen LogP contribution in [0.15, 0.2) is 0 Å². The highest BCUT2D eigenvalue weighted by atomic mass is 16.5. The molecule has 2 heterocycles. The van der Waals surface area contributed by atoms with Crippen LogP contribution in [-0.2, 0) is 14.3 Å². The zero-order valence-electron chi connectivity index (χ0n) is 8.34. The van der Waals surface area contributed by atoms with Crippen molar-refractivity contribution in [3.8, 4) is 0 Å². The van der Waals surface area contributed by atoms with Gasteiger partial charge in [-0.25, -0.2) is 0 Å². The first-order valence-electron chi connectivity index (χ1n) is 4.90. The maximum absolute atomic E-state index is 11.3. The lowest BCUT2D eigenvalue weighted by Crippen LogP contribution is -2.62. The molecule has 2 fully saturated rings. The van der Waals surface area contributed by atoms with Crippen LogP contribution >= 0.6 is 0 Å². The van der Waals surface area contributed by atoms with Gasteiger partial charge in [-0.1, -0.05) is 0 Å². The van der Waals surface area contributed by atoms with Crippen LogP contribution in [0.5, 0.6) is 0 Å². The van der Waals surface area contributed by atoms with E-state index in [-0.39, 0.29) is 17.6 Å². The summed E-state index contributed by atoms with van der Waals surface area (Å²) in [6.45, 7) is 2.92. The molecule has 80 valence electrons. The van der Waals surface area contributed by atoms with Crippen LogP contribution in [0.2, 0.25) is 0 Å². The van der Waals surface area contributed by atoms with Crippen LogP contribution in [0, 0.1) is 0 Å². The average Bonchev–Trinajstić information content (AvgIpc) is 2.65. The molecule has 14 heavy (non-hydrogen) atoms. The van der Waals surface area contributed by atoms with E-state index in [0.717, 1.165) is 19.5 Å². The zero-order chi connectivity index (χ0) is 10.0. The van der Waals surface area contributed by atoms with Gasteiger partial charge in [0.05, 0.1) is 25.9 Å². The van der Waals surface area contributed by atoms with Gasteiger partial charge in [-0.15, -0.1) is 0 Å². The number of rotatable bonds is 1. The van der Waals surface area contributed by atoms with E-state index in [1.54, 1.807) is 0 Å². The summed E-state index contributed by atoms with van der Waals surface area (Å²) in [4.78, 5) is 11.3. The molecule has 2 aliphatic rings. The smallest absolute Gasteiger partial charge is 0.325 e. The van der Waals surface area contributed by atoms with Gasteiger partial charge in [0.2, 0.25) is 0 Å². The maximum atomic E-state index is 11.3. The molecule has 0 aromatic rings. The molecule has 0 aromatic heterocycles. The first-order chi connectivity index (χ1) is 6.76. The Morgan fingerprint density at radius 1 is 1.64 bits per heavy atom. The van der Waals surface area contributed by atoms with Gasteiger partial charge >= 0.3 is 5.97 Å². The van der Waals surface area contributed by atoms with Crippen molar-refractivity contribution in [1.29, 1.82) is 0 Å². The minimum Gasteiger partial charge on any atom is -0.468 e. The number of hydrogen-bond donors (Lipinski definition) is 2. The molecule has 5 heteroatoms. The molecule has 0 amide bonds. The van der Waals surface area contributed by atoms with E-state index in [0.29, 0.717) is 13.2 Å². The first kappa shape index (κ1) is 9.89. The summed E-state index contributed by atoms with van der Waals surface area (Å²) in [5.74, 6) is -0.240. The molecule has 2 N–H and O–H groups in total. The number of morpholine rings is 1. The second-order valence-electron chi connectivity index (χ2n) is 3.94. The number of carbonyl (C=O) groups excluding carboxylic acids is 1. The number of nitrogens with one attached hydrogen (secondary N) is 2. The molecule has 2 rings (SSSR count). The molecule has 0 saturated carbocycles. The van der Waals surface area contributed by atoms with Crippen molar-refractivity contribution >= 4 is 5.97 Å². The molecule has 0 aromatic carbocycles. The fourth-order valence-electron chi connectivity index (χ4n) is 2.08. The predicted molar refractivity (Wildman–Crippen MR) is 50.0 cm³/mol. The van der Waals surface area contributed by atoms with Gasteiger partial charge in [-0.05, 0) is 13.0 Å². The van der Waals surface area contributed by atoms with Crippen molar-refractivity contribution in [1.82, 2.24) is 10.6 Å². The third-order valence-electron chi connectivity index (χ3n) is 2.87. The van der Waals surface area contributed by atoms with E-state index in [4.69, 9.17) is 9.47 Å². The normalized spacial score (nSPS) is 37.4. The Labute approximate surface area is 83.1 Å². The van der Waals surface area contributed by atoms with Gasteiger partial charge in [-0.2, -0.15) is 0 Å². The van der Waals surface area contributed by atoms with Crippen molar-refractivity contribution in [2.75, 3.05) is 33.4 Å². The quantitative estimate of drug-likeness (QED) is 0.525. The summed E-state index contributed by atoms with van der Waals surface area (Å²) in [6, 6.07) is -0.311. The Bertz CT molecular complexity index is 226. The number of hydrogen-bond acceptors (Lipinski definition) is 5. The highest BCUT2D eigenvalue weighted by Gasteiger charge is 2.41. The number of esters is 1. The fourth-order valence-corrected chi connectivity index (χ4v) is 2.08. The summed E-state index contributed by atoms with van der Waals surface area (Å²) >= 11 is 0. The van der Waals surface area contributed by atoms with E-state index in [2.05, 4.69) is 10.6 Å². The van der Waals surface area contributed by atoms with Crippen molar-refractivity contribution in [3.63, 3.8) is 0 Å².